The van der Waals surface area contributed by atoms with E-state index < -0.39 is 0 Å². The predicted molar refractivity (Wildman–Crippen MR) is 70.7 cm³/mol. The summed E-state index contributed by atoms with van der Waals surface area (Å²) in [5.74, 6) is 0.243. The first-order valence-electron chi connectivity index (χ1n) is 6.28. The predicted octanol–water partition coefficient (Wildman–Crippen LogP) is 3.01. The van der Waals surface area contributed by atoms with Crippen molar-refractivity contribution < 1.29 is 8.81 Å². The van der Waals surface area contributed by atoms with Crippen molar-refractivity contribution in [3.05, 3.63) is 36.0 Å². The van der Waals surface area contributed by atoms with Gasteiger partial charge in [-0.2, -0.15) is 0 Å². The van der Waals surface area contributed by atoms with Crippen LogP contribution in [0.1, 0.15) is 32.2 Å². The largest absolute Gasteiger partial charge is 0.406 e. The fourth-order valence-corrected chi connectivity index (χ4v) is 1.56. The van der Waals surface area contributed by atoms with Crippen molar-refractivity contribution in [3.8, 4) is 0 Å². The van der Waals surface area contributed by atoms with Crippen LogP contribution in [0.3, 0.4) is 0 Å². The Morgan fingerprint density at radius 3 is 2.68 bits per heavy atom. The van der Waals surface area contributed by atoms with E-state index >= 15 is 0 Å². The zero-order valence-electron chi connectivity index (χ0n) is 11.0. The van der Waals surface area contributed by atoms with Crippen molar-refractivity contribution >= 4 is 11.7 Å². The molecule has 0 aliphatic rings. The van der Waals surface area contributed by atoms with Gasteiger partial charge in [0.1, 0.15) is 5.82 Å². The third kappa shape index (κ3) is 3.75. The number of aromatic nitrogens is 2. The maximum absolute atomic E-state index is 12.8. The van der Waals surface area contributed by atoms with E-state index in [2.05, 4.69) is 27.8 Å². The molecule has 2 rings (SSSR count). The molecule has 1 aromatic carbocycles. The van der Waals surface area contributed by atoms with E-state index in [9.17, 15) is 4.39 Å². The average molecular weight is 264 g/mol. The normalized spacial score (nSPS) is 12.4. The van der Waals surface area contributed by atoms with Crippen molar-refractivity contribution in [3.63, 3.8) is 0 Å². The van der Waals surface area contributed by atoms with E-state index in [0.717, 1.165) is 13.0 Å². The summed E-state index contributed by atoms with van der Waals surface area (Å²) in [5, 5.41) is 14.1. The number of anilines is 2. The highest BCUT2D eigenvalue weighted by molar-refractivity contribution is 5.51. The molecule has 5 nitrogen and oxygen atoms in total. The molecular weight excluding hydrogens is 247 g/mol. The smallest absolute Gasteiger partial charge is 0.320 e. The fraction of sp³-hybridized carbons (Fsp3) is 0.385. The van der Waals surface area contributed by atoms with Crippen LogP contribution in [0, 0.1) is 5.82 Å². The Morgan fingerprint density at radius 2 is 2.00 bits per heavy atom. The molecule has 1 heterocycles. The van der Waals surface area contributed by atoms with Gasteiger partial charge in [-0.25, -0.2) is 4.39 Å². The minimum atomic E-state index is -0.283. The minimum absolute atomic E-state index is 0.0104. The van der Waals surface area contributed by atoms with Crippen LogP contribution in [-0.2, 0) is 0 Å². The van der Waals surface area contributed by atoms with Gasteiger partial charge < -0.3 is 15.1 Å². The SMILES string of the molecule is CCCNC(C)c1nnc(Nc2ccc(F)cc2)o1. The highest BCUT2D eigenvalue weighted by Gasteiger charge is 2.12. The second-order valence-electron chi connectivity index (χ2n) is 4.25. The lowest BCUT2D eigenvalue weighted by molar-refractivity contribution is 0.424. The molecule has 0 fully saturated rings. The average Bonchev–Trinajstić information content (AvgIpc) is 2.87. The molecule has 2 aromatic rings. The molecule has 0 bridgehead atoms. The quantitative estimate of drug-likeness (QED) is 0.839. The molecule has 0 spiro atoms. The van der Waals surface area contributed by atoms with E-state index in [1.807, 2.05) is 6.92 Å². The maximum atomic E-state index is 12.8. The Hall–Kier alpha value is -1.95. The summed E-state index contributed by atoms with van der Waals surface area (Å²) in [5.41, 5.74) is 0.700. The van der Waals surface area contributed by atoms with Crippen LogP contribution in [0.15, 0.2) is 28.7 Å². The van der Waals surface area contributed by atoms with Gasteiger partial charge in [0.15, 0.2) is 0 Å². The number of hydrogen-bond donors (Lipinski definition) is 2. The molecule has 2 N–H and O–H groups in total. The molecule has 0 aliphatic carbocycles. The minimum Gasteiger partial charge on any atom is -0.406 e. The van der Waals surface area contributed by atoms with Crippen LogP contribution in [0.2, 0.25) is 0 Å². The van der Waals surface area contributed by atoms with Crippen LogP contribution in [0.25, 0.3) is 0 Å². The summed E-state index contributed by atoms with van der Waals surface area (Å²) in [6, 6.07) is 6.26. The van der Waals surface area contributed by atoms with Crippen molar-refractivity contribution in [2.45, 2.75) is 26.3 Å². The molecule has 102 valence electrons. The van der Waals surface area contributed by atoms with Crippen molar-refractivity contribution in [1.29, 1.82) is 0 Å². The molecule has 0 saturated heterocycles. The molecular formula is C13H17FN4O. The molecule has 19 heavy (non-hydrogen) atoms. The van der Waals surface area contributed by atoms with E-state index in [0.29, 0.717) is 17.6 Å². The molecule has 1 atom stereocenters. The lowest BCUT2D eigenvalue weighted by Crippen LogP contribution is -2.19. The first-order valence-corrected chi connectivity index (χ1v) is 6.28. The highest BCUT2D eigenvalue weighted by Crippen LogP contribution is 2.18. The highest BCUT2D eigenvalue weighted by atomic mass is 19.1. The number of nitrogens with zero attached hydrogens (tertiary/aromatic N) is 2. The third-order valence-electron chi connectivity index (χ3n) is 2.61. The molecule has 1 aromatic heterocycles. The maximum Gasteiger partial charge on any atom is 0.320 e. The zero-order chi connectivity index (χ0) is 13.7. The third-order valence-corrected chi connectivity index (χ3v) is 2.61. The van der Waals surface area contributed by atoms with Crippen LogP contribution >= 0.6 is 0 Å². The molecule has 0 aliphatic heterocycles. The van der Waals surface area contributed by atoms with E-state index in [1.165, 1.54) is 12.1 Å². The summed E-state index contributed by atoms with van der Waals surface area (Å²) in [6.45, 7) is 4.95. The van der Waals surface area contributed by atoms with E-state index in [-0.39, 0.29) is 11.9 Å². The van der Waals surface area contributed by atoms with Gasteiger partial charge >= 0.3 is 6.01 Å². The van der Waals surface area contributed by atoms with Crippen LogP contribution in [0.4, 0.5) is 16.1 Å². The zero-order valence-corrected chi connectivity index (χ0v) is 11.0. The van der Waals surface area contributed by atoms with Gasteiger partial charge in [0.2, 0.25) is 5.89 Å². The first-order chi connectivity index (χ1) is 9.19. The van der Waals surface area contributed by atoms with Gasteiger partial charge in [-0.1, -0.05) is 12.0 Å². The second kappa shape index (κ2) is 6.29. The van der Waals surface area contributed by atoms with Gasteiger partial charge in [-0.05, 0) is 44.2 Å². The van der Waals surface area contributed by atoms with E-state index in [1.54, 1.807) is 12.1 Å². The number of nitrogens with one attached hydrogen (secondary N) is 2. The molecule has 0 radical (unpaired) electrons. The number of rotatable bonds is 6. The molecule has 0 saturated carbocycles. The Bertz CT molecular complexity index is 512. The number of benzene rings is 1. The summed E-state index contributed by atoms with van der Waals surface area (Å²) in [6.07, 6.45) is 1.04. The van der Waals surface area contributed by atoms with Crippen LogP contribution < -0.4 is 10.6 Å². The van der Waals surface area contributed by atoms with Gasteiger partial charge in [0, 0.05) is 5.69 Å². The van der Waals surface area contributed by atoms with Crippen molar-refractivity contribution in [2.24, 2.45) is 0 Å². The second-order valence-corrected chi connectivity index (χ2v) is 4.25. The first kappa shape index (κ1) is 13.5. The van der Waals surface area contributed by atoms with Crippen LogP contribution in [0.5, 0.6) is 0 Å². The summed E-state index contributed by atoms with van der Waals surface area (Å²) < 4.78 is 18.3. The lowest BCUT2D eigenvalue weighted by atomic mass is 10.3. The van der Waals surface area contributed by atoms with E-state index in [4.69, 9.17) is 4.42 Å². The Labute approximate surface area is 111 Å². The van der Waals surface area contributed by atoms with Gasteiger partial charge in [-0.3, -0.25) is 0 Å². The van der Waals surface area contributed by atoms with Crippen LogP contribution in [-0.4, -0.2) is 16.7 Å². The molecule has 1 unspecified atom stereocenters. The summed E-state index contributed by atoms with van der Waals surface area (Å²) >= 11 is 0. The van der Waals surface area contributed by atoms with Gasteiger partial charge in [0.25, 0.3) is 0 Å². The summed E-state index contributed by atoms with van der Waals surface area (Å²) in [7, 11) is 0. The Morgan fingerprint density at radius 1 is 1.26 bits per heavy atom. The van der Waals surface area contributed by atoms with Crippen molar-refractivity contribution in [2.75, 3.05) is 11.9 Å². The lowest BCUT2D eigenvalue weighted by Gasteiger charge is -2.07. The van der Waals surface area contributed by atoms with Crippen molar-refractivity contribution in [1.82, 2.24) is 15.5 Å². The number of hydrogen-bond acceptors (Lipinski definition) is 5. The standard InChI is InChI=1S/C13H17FN4O/c1-3-8-15-9(2)12-17-18-13(19-12)16-11-6-4-10(14)5-7-11/h4-7,9,15H,3,8H2,1-2H3,(H,16,18). The summed E-state index contributed by atoms with van der Waals surface area (Å²) in [4.78, 5) is 0. The Kier molecular flexibility index (Phi) is 4.46. The Balaban J connectivity index is 1.98. The van der Waals surface area contributed by atoms with Gasteiger partial charge in [0.05, 0.1) is 6.04 Å². The topological polar surface area (TPSA) is 63.0 Å². The fourth-order valence-electron chi connectivity index (χ4n) is 1.56. The molecule has 0 amide bonds. The number of halogens is 1. The van der Waals surface area contributed by atoms with Gasteiger partial charge in [-0.15, -0.1) is 5.10 Å². The monoisotopic (exact) mass is 264 g/mol. The molecule has 6 heteroatoms.